The Morgan fingerprint density at radius 1 is 0.444 bits per heavy atom. The van der Waals surface area contributed by atoms with Gasteiger partial charge in [0, 0.05) is 31.2 Å². The van der Waals surface area contributed by atoms with Gasteiger partial charge in [0.05, 0.1) is 11.4 Å². The molecule has 4 aromatic carbocycles. The van der Waals surface area contributed by atoms with Gasteiger partial charge in [-0.1, -0.05) is 72.8 Å². The predicted molar refractivity (Wildman–Crippen MR) is 108 cm³/mol. The maximum Gasteiger partial charge on any atom is 0.116 e. The minimum absolute atomic E-state index is 0. The molecule has 3 heteroatoms. The van der Waals surface area contributed by atoms with Crippen LogP contribution >= 0.6 is 0 Å². The molecule has 0 spiro atoms. The topological polar surface area (TPSA) is 25.8 Å². The summed E-state index contributed by atoms with van der Waals surface area (Å²) in [5, 5.41) is 4.91. The normalized spacial score (nSPS) is 10.7. The van der Waals surface area contributed by atoms with Gasteiger partial charge in [-0.3, -0.25) is 0 Å². The van der Waals surface area contributed by atoms with E-state index in [1.807, 2.05) is 0 Å². The van der Waals surface area contributed by atoms with Gasteiger partial charge in [0.25, 0.3) is 0 Å². The minimum Gasteiger partial charge on any atom is -0.236 e. The zero-order chi connectivity index (χ0) is 17.3. The number of rotatable bonds is 2. The van der Waals surface area contributed by atoms with Crippen LogP contribution in [0.5, 0.6) is 0 Å². The first kappa shape index (κ1) is 17.5. The van der Waals surface area contributed by atoms with Gasteiger partial charge in [0.15, 0.2) is 0 Å². The second-order valence-corrected chi connectivity index (χ2v) is 6.41. The standard InChI is InChI=1S/C24H16N2.Ir/c1-3-7-19-13-21(11-9-17(19)5-1)23-15-24(26-16-25-23)22-12-10-18-6-2-4-8-20(18)14-22;/h1-16H;. The number of nitrogens with zero attached hydrogens (tertiary/aromatic N) is 2. The van der Waals surface area contributed by atoms with Crippen LogP contribution in [-0.2, 0) is 20.1 Å². The number of benzene rings is 4. The molecule has 0 saturated carbocycles. The molecule has 0 aliphatic carbocycles. The van der Waals surface area contributed by atoms with Gasteiger partial charge in [-0.05, 0) is 39.7 Å². The molecular weight excluding hydrogens is 508 g/mol. The minimum atomic E-state index is 0. The average molecular weight is 525 g/mol. The van der Waals surface area contributed by atoms with E-state index in [0.717, 1.165) is 22.5 Å². The molecule has 0 saturated heterocycles. The summed E-state index contributed by atoms with van der Waals surface area (Å²) in [5.74, 6) is 0. The van der Waals surface area contributed by atoms with E-state index in [-0.39, 0.29) is 20.1 Å². The van der Waals surface area contributed by atoms with Crippen molar-refractivity contribution in [3.05, 3.63) is 97.3 Å². The molecule has 0 amide bonds. The van der Waals surface area contributed by atoms with Gasteiger partial charge in [-0.15, -0.1) is 0 Å². The Kier molecular flexibility index (Phi) is 4.81. The van der Waals surface area contributed by atoms with Crippen molar-refractivity contribution in [1.82, 2.24) is 9.97 Å². The van der Waals surface area contributed by atoms with Crippen LogP contribution in [0.15, 0.2) is 97.3 Å². The largest absolute Gasteiger partial charge is 0.236 e. The second-order valence-electron chi connectivity index (χ2n) is 6.41. The summed E-state index contributed by atoms with van der Waals surface area (Å²) in [5.41, 5.74) is 4.09. The Bertz CT molecular complexity index is 1150. The molecule has 1 heterocycles. The number of hydrogen-bond acceptors (Lipinski definition) is 2. The number of fused-ring (bicyclic) bond motifs is 2. The maximum atomic E-state index is 4.49. The molecule has 1 aromatic heterocycles. The van der Waals surface area contributed by atoms with Crippen molar-refractivity contribution in [1.29, 1.82) is 0 Å². The SMILES string of the molecule is [Ir].c1ccc2cc(-c3cc(-c4ccc5ccccc5c4)ncn3)ccc2c1. The van der Waals surface area contributed by atoms with Crippen molar-refractivity contribution in [3.63, 3.8) is 0 Å². The van der Waals surface area contributed by atoms with E-state index in [9.17, 15) is 0 Å². The first-order valence-electron chi connectivity index (χ1n) is 8.67. The Morgan fingerprint density at radius 2 is 0.889 bits per heavy atom. The Morgan fingerprint density at radius 3 is 1.37 bits per heavy atom. The van der Waals surface area contributed by atoms with Crippen LogP contribution in [0.25, 0.3) is 44.1 Å². The molecular formula is C24H16IrN2. The van der Waals surface area contributed by atoms with E-state index in [2.05, 4.69) is 101 Å². The quantitative estimate of drug-likeness (QED) is 0.278. The van der Waals surface area contributed by atoms with Crippen molar-refractivity contribution in [2.45, 2.75) is 0 Å². The Hall–Kier alpha value is -2.87. The van der Waals surface area contributed by atoms with Crippen LogP contribution in [0, 0.1) is 0 Å². The van der Waals surface area contributed by atoms with Gasteiger partial charge in [-0.25, -0.2) is 9.97 Å². The Labute approximate surface area is 171 Å². The van der Waals surface area contributed by atoms with Crippen LogP contribution in [0.2, 0.25) is 0 Å². The first-order valence-corrected chi connectivity index (χ1v) is 8.67. The fourth-order valence-electron chi connectivity index (χ4n) is 3.37. The number of aromatic nitrogens is 2. The molecule has 27 heavy (non-hydrogen) atoms. The summed E-state index contributed by atoms with van der Waals surface area (Å²) in [6.07, 6.45) is 1.65. The van der Waals surface area contributed by atoms with E-state index in [4.69, 9.17) is 0 Å². The summed E-state index contributed by atoms with van der Waals surface area (Å²) < 4.78 is 0. The summed E-state index contributed by atoms with van der Waals surface area (Å²) in [4.78, 5) is 8.99. The molecule has 0 fully saturated rings. The van der Waals surface area contributed by atoms with Crippen LogP contribution in [0.4, 0.5) is 0 Å². The predicted octanol–water partition coefficient (Wildman–Crippen LogP) is 6.11. The van der Waals surface area contributed by atoms with Crippen molar-refractivity contribution in [2.75, 3.05) is 0 Å². The van der Waals surface area contributed by atoms with Crippen LogP contribution in [0.3, 0.4) is 0 Å². The second kappa shape index (κ2) is 7.40. The zero-order valence-electron chi connectivity index (χ0n) is 14.5. The summed E-state index contributed by atoms with van der Waals surface area (Å²) in [7, 11) is 0. The summed E-state index contributed by atoms with van der Waals surface area (Å²) >= 11 is 0. The molecule has 0 bridgehead atoms. The Balaban J connectivity index is 0.00000180. The number of hydrogen-bond donors (Lipinski definition) is 0. The monoisotopic (exact) mass is 525 g/mol. The van der Waals surface area contributed by atoms with Crippen LogP contribution in [-0.4, -0.2) is 9.97 Å². The van der Waals surface area contributed by atoms with Crippen LogP contribution < -0.4 is 0 Å². The molecule has 2 nitrogen and oxygen atoms in total. The third-order valence-electron chi connectivity index (χ3n) is 4.76. The smallest absolute Gasteiger partial charge is 0.116 e. The van der Waals surface area contributed by atoms with E-state index < -0.39 is 0 Å². The molecule has 131 valence electrons. The molecule has 5 aromatic rings. The maximum absolute atomic E-state index is 4.49. The van der Waals surface area contributed by atoms with Gasteiger partial charge >= 0.3 is 0 Å². The van der Waals surface area contributed by atoms with E-state index in [0.29, 0.717) is 0 Å². The first-order chi connectivity index (χ1) is 12.9. The van der Waals surface area contributed by atoms with Gasteiger partial charge in [0.1, 0.15) is 6.33 Å². The van der Waals surface area contributed by atoms with Gasteiger partial charge < -0.3 is 0 Å². The fourth-order valence-corrected chi connectivity index (χ4v) is 3.37. The molecule has 0 N–H and O–H groups in total. The van der Waals surface area contributed by atoms with E-state index >= 15 is 0 Å². The van der Waals surface area contributed by atoms with Gasteiger partial charge in [0.2, 0.25) is 0 Å². The summed E-state index contributed by atoms with van der Waals surface area (Å²) in [6, 6.07) is 31.7. The third kappa shape index (κ3) is 3.40. The molecule has 0 aliphatic rings. The van der Waals surface area contributed by atoms with Crippen LogP contribution in [0.1, 0.15) is 0 Å². The van der Waals surface area contributed by atoms with E-state index in [1.54, 1.807) is 6.33 Å². The molecule has 0 unspecified atom stereocenters. The molecule has 0 atom stereocenters. The van der Waals surface area contributed by atoms with Crippen molar-refractivity contribution >= 4 is 21.5 Å². The zero-order valence-corrected chi connectivity index (χ0v) is 16.9. The third-order valence-corrected chi connectivity index (χ3v) is 4.76. The van der Waals surface area contributed by atoms with Crippen molar-refractivity contribution < 1.29 is 20.1 Å². The van der Waals surface area contributed by atoms with Crippen molar-refractivity contribution in [3.8, 4) is 22.5 Å². The average Bonchev–Trinajstić information content (AvgIpc) is 2.73. The molecule has 1 radical (unpaired) electrons. The summed E-state index contributed by atoms with van der Waals surface area (Å²) in [6.45, 7) is 0. The van der Waals surface area contributed by atoms with Gasteiger partial charge in [-0.2, -0.15) is 0 Å². The van der Waals surface area contributed by atoms with E-state index in [1.165, 1.54) is 21.5 Å². The molecule has 0 aliphatic heterocycles. The van der Waals surface area contributed by atoms with Crippen molar-refractivity contribution in [2.24, 2.45) is 0 Å². The molecule has 5 rings (SSSR count). The fraction of sp³-hybridized carbons (Fsp3) is 0.